The summed E-state index contributed by atoms with van der Waals surface area (Å²) in [6.45, 7) is 4.25. The fraction of sp³-hybridized carbons (Fsp3) is 0.733. The summed E-state index contributed by atoms with van der Waals surface area (Å²) in [5.41, 5.74) is 0. The Kier molecular flexibility index (Phi) is 4.80. The number of piperazine rings is 1. The predicted molar refractivity (Wildman–Crippen MR) is 82.0 cm³/mol. The number of hydrogen-bond donors (Lipinski definition) is 0. The van der Waals surface area contributed by atoms with Crippen molar-refractivity contribution in [3.05, 3.63) is 17.4 Å². The summed E-state index contributed by atoms with van der Waals surface area (Å²) >= 11 is 5.87. The van der Waals surface area contributed by atoms with Gasteiger partial charge in [0, 0.05) is 38.3 Å². The molecule has 2 heterocycles. The van der Waals surface area contributed by atoms with E-state index in [2.05, 4.69) is 14.9 Å². The summed E-state index contributed by atoms with van der Waals surface area (Å²) in [4.78, 5) is 16.9. The zero-order chi connectivity index (χ0) is 14.7. The van der Waals surface area contributed by atoms with Crippen molar-refractivity contribution in [3.8, 4) is 0 Å². The van der Waals surface area contributed by atoms with Crippen LogP contribution in [0.2, 0.25) is 5.02 Å². The molecule has 0 spiro atoms. The molecule has 2 aliphatic rings. The highest BCUT2D eigenvalue weighted by atomic mass is 35.5. The molecule has 0 aromatic carbocycles. The summed E-state index contributed by atoms with van der Waals surface area (Å²) in [6, 6.07) is 0. The summed E-state index contributed by atoms with van der Waals surface area (Å²) in [5.74, 6) is 0.673. The zero-order valence-corrected chi connectivity index (χ0v) is 13.1. The van der Waals surface area contributed by atoms with Gasteiger partial charge in [-0.25, -0.2) is 0 Å². The summed E-state index contributed by atoms with van der Waals surface area (Å²) in [5, 5.41) is 4.87. The Morgan fingerprint density at radius 3 is 2.52 bits per heavy atom. The van der Waals surface area contributed by atoms with Gasteiger partial charge in [0.05, 0.1) is 17.9 Å². The van der Waals surface area contributed by atoms with E-state index in [0.717, 1.165) is 45.7 Å². The van der Waals surface area contributed by atoms with Crippen molar-refractivity contribution in [1.82, 2.24) is 19.6 Å². The Morgan fingerprint density at radius 2 is 1.90 bits per heavy atom. The second-order valence-electron chi connectivity index (χ2n) is 6.12. The van der Waals surface area contributed by atoms with Crippen LogP contribution in [0.5, 0.6) is 0 Å². The van der Waals surface area contributed by atoms with Crippen molar-refractivity contribution in [2.45, 2.75) is 38.8 Å². The monoisotopic (exact) mass is 310 g/mol. The molecule has 1 amide bonds. The first-order chi connectivity index (χ1) is 10.2. The third-order valence-electron chi connectivity index (χ3n) is 4.59. The summed E-state index contributed by atoms with van der Waals surface area (Å²) in [6.07, 6.45) is 9.40. The van der Waals surface area contributed by atoms with Crippen LogP contribution in [0.4, 0.5) is 0 Å². The average molecular weight is 311 g/mol. The molecule has 6 heteroatoms. The van der Waals surface area contributed by atoms with Crippen LogP contribution in [0.1, 0.15) is 32.1 Å². The van der Waals surface area contributed by atoms with Crippen LogP contribution in [-0.2, 0) is 11.5 Å². The molecule has 0 radical (unpaired) electrons. The Hall–Kier alpha value is -1.07. The van der Waals surface area contributed by atoms with E-state index >= 15 is 0 Å². The van der Waals surface area contributed by atoms with Gasteiger partial charge in [0.15, 0.2) is 0 Å². The molecule has 1 aliphatic heterocycles. The fourth-order valence-electron chi connectivity index (χ4n) is 3.34. The number of amides is 1. The van der Waals surface area contributed by atoms with Crippen LogP contribution in [0.25, 0.3) is 0 Å². The van der Waals surface area contributed by atoms with Gasteiger partial charge in [-0.05, 0) is 12.8 Å². The zero-order valence-electron chi connectivity index (χ0n) is 12.4. The number of halogens is 1. The van der Waals surface area contributed by atoms with Crippen molar-refractivity contribution < 1.29 is 4.79 Å². The van der Waals surface area contributed by atoms with Crippen molar-refractivity contribution >= 4 is 17.5 Å². The van der Waals surface area contributed by atoms with Gasteiger partial charge in [0.1, 0.15) is 0 Å². The molecule has 5 nitrogen and oxygen atoms in total. The van der Waals surface area contributed by atoms with Crippen LogP contribution in [0, 0.1) is 5.92 Å². The highest BCUT2D eigenvalue weighted by molar-refractivity contribution is 6.30. The summed E-state index contributed by atoms with van der Waals surface area (Å²) < 4.78 is 1.85. The van der Waals surface area contributed by atoms with Crippen molar-refractivity contribution in [2.24, 2.45) is 5.92 Å². The third kappa shape index (κ3) is 3.77. The van der Waals surface area contributed by atoms with Crippen LogP contribution in [0.15, 0.2) is 12.4 Å². The smallest absolute Gasteiger partial charge is 0.225 e. The second kappa shape index (κ2) is 6.79. The standard InChI is InChI=1S/C15H23ClN4O/c16-14-10-17-20(11-14)12-18-6-8-19(9-7-18)15(21)13-4-2-1-3-5-13/h10-11,13H,1-9,12H2. The summed E-state index contributed by atoms with van der Waals surface area (Å²) in [7, 11) is 0. The molecule has 1 saturated carbocycles. The van der Waals surface area contributed by atoms with Crippen molar-refractivity contribution in [1.29, 1.82) is 0 Å². The number of carbonyl (C=O) groups is 1. The quantitative estimate of drug-likeness (QED) is 0.859. The fourth-order valence-corrected chi connectivity index (χ4v) is 3.49. The number of carbonyl (C=O) groups excluding carboxylic acids is 1. The number of aromatic nitrogens is 2. The van der Waals surface area contributed by atoms with Crippen LogP contribution in [-0.4, -0.2) is 51.7 Å². The van der Waals surface area contributed by atoms with Gasteiger partial charge < -0.3 is 4.90 Å². The van der Waals surface area contributed by atoms with Gasteiger partial charge in [0.25, 0.3) is 0 Å². The largest absolute Gasteiger partial charge is 0.340 e. The molecular formula is C15H23ClN4O. The molecule has 1 aliphatic carbocycles. The normalized spacial score (nSPS) is 21.7. The molecule has 0 atom stereocenters. The number of nitrogens with zero attached hydrogens (tertiary/aromatic N) is 4. The van der Waals surface area contributed by atoms with Gasteiger partial charge >= 0.3 is 0 Å². The highest BCUT2D eigenvalue weighted by Crippen LogP contribution is 2.25. The minimum absolute atomic E-state index is 0.287. The van der Waals surface area contributed by atoms with E-state index in [1.54, 1.807) is 6.20 Å². The molecule has 2 fully saturated rings. The topological polar surface area (TPSA) is 41.4 Å². The third-order valence-corrected chi connectivity index (χ3v) is 4.78. The maximum atomic E-state index is 12.5. The molecule has 0 N–H and O–H groups in total. The minimum atomic E-state index is 0.287. The van der Waals surface area contributed by atoms with Gasteiger partial charge in [-0.15, -0.1) is 0 Å². The number of hydrogen-bond acceptors (Lipinski definition) is 3. The Balaban J connectivity index is 1.47. The first-order valence-corrected chi connectivity index (χ1v) is 8.29. The van der Waals surface area contributed by atoms with Crippen LogP contribution in [0.3, 0.4) is 0 Å². The van der Waals surface area contributed by atoms with Gasteiger partial charge in [0.2, 0.25) is 5.91 Å². The lowest BCUT2D eigenvalue weighted by molar-refractivity contribution is -0.138. The molecule has 116 valence electrons. The van der Waals surface area contributed by atoms with E-state index < -0.39 is 0 Å². The van der Waals surface area contributed by atoms with Crippen molar-refractivity contribution in [3.63, 3.8) is 0 Å². The molecular weight excluding hydrogens is 288 g/mol. The SMILES string of the molecule is O=C(C1CCCCC1)N1CCN(Cn2cc(Cl)cn2)CC1. The molecule has 0 bridgehead atoms. The predicted octanol–water partition coefficient (Wildman–Crippen LogP) is 2.22. The molecule has 0 unspecified atom stereocenters. The molecule has 1 saturated heterocycles. The Morgan fingerprint density at radius 1 is 1.19 bits per heavy atom. The molecule has 21 heavy (non-hydrogen) atoms. The number of rotatable bonds is 3. The van der Waals surface area contributed by atoms with E-state index in [9.17, 15) is 4.79 Å². The highest BCUT2D eigenvalue weighted by Gasteiger charge is 2.28. The van der Waals surface area contributed by atoms with Crippen LogP contribution < -0.4 is 0 Å². The second-order valence-corrected chi connectivity index (χ2v) is 6.55. The minimum Gasteiger partial charge on any atom is -0.340 e. The van der Waals surface area contributed by atoms with E-state index in [4.69, 9.17) is 11.6 Å². The van der Waals surface area contributed by atoms with Crippen molar-refractivity contribution in [2.75, 3.05) is 26.2 Å². The van der Waals surface area contributed by atoms with Crippen LogP contribution >= 0.6 is 11.6 Å². The first-order valence-electron chi connectivity index (χ1n) is 7.91. The van der Waals surface area contributed by atoms with Gasteiger partial charge in [-0.2, -0.15) is 5.10 Å². The van der Waals surface area contributed by atoms with E-state index in [1.165, 1.54) is 19.3 Å². The van der Waals surface area contributed by atoms with E-state index in [1.807, 2.05) is 10.9 Å². The Bertz CT molecular complexity index is 476. The molecule has 3 rings (SSSR count). The average Bonchev–Trinajstić information content (AvgIpc) is 2.93. The van der Waals surface area contributed by atoms with Gasteiger partial charge in [-0.3, -0.25) is 14.4 Å². The van der Waals surface area contributed by atoms with E-state index in [0.29, 0.717) is 10.9 Å². The lowest BCUT2D eigenvalue weighted by Crippen LogP contribution is -2.50. The molecule has 1 aromatic rings. The maximum Gasteiger partial charge on any atom is 0.225 e. The lowest BCUT2D eigenvalue weighted by Gasteiger charge is -2.37. The van der Waals surface area contributed by atoms with Gasteiger partial charge in [-0.1, -0.05) is 30.9 Å². The molecule has 1 aromatic heterocycles. The Labute approximate surface area is 130 Å². The lowest BCUT2D eigenvalue weighted by atomic mass is 9.88. The van der Waals surface area contributed by atoms with E-state index in [-0.39, 0.29) is 5.92 Å². The first kappa shape index (κ1) is 14.9. The maximum absolute atomic E-state index is 12.5.